The Kier molecular flexibility index (Phi) is 2.12. The minimum atomic E-state index is 0.422. The lowest BCUT2D eigenvalue weighted by Crippen LogP contribution is -2.25. The van der Waals surface area contributed by atoms with Crippen LogP contribution in [-0.4, -0.2) is 21.0 Å². The molecule has 0 saturated carbocycles. The first-order chi connectivity index (χ1) is 9.34. The molecule has 0 aliphatic carbocycles. The van der Waals surface area contributed by atoms with Gasteiger partial charge in [0.15, 0.2) is 0 Å². The first-order valence-electron chi connectivity index (χ1n) is 6.50. The van der Waals surface area contributed by atoms with Crippen molar-refractivity contribution < 1.29 is 0 Å². The van der Waals surface area contributed by atoms with Gasteiger partial charge in [-0.25, -0.2) is 9.97 Å². The second-order valence-corrected chi connectivity index (χ2v) is 4.99. The summed E-state index contributed by atoms with van der Waals surface area (Å²) < 4.78 is 0. The van der Waals surface area contributed by atoms with Crippen molar-refractivity contribution in [3.63, 3.8) is 0 Å². The summed E-state index contributed by atoms with van der Waals surface area (Å²) in [5.41, 5.74) is 3.54. The smallest absolute Gasteiger partial charge is 0.146 e. The number of aromatic amines is 1. The molecule has 1 atom stereocenters. The number of para-hydroxylation sites is 1. The quantitative estimate of drug-likeness (QED) is 0.722. The minimum absolute atomic E-state index is 0.422. The van der Waals surface area contributed by atoms with Crippen molar-refractivity contribution in [3.8, 4) is 0 Å². The molecule has 3 heterocycles. The second-order valence-electron chi connectivity index (χ2n) is 4.99. The molecule has 0 radical (unpaired) electrons. The van der Waals surface area contributed by atoms with E-state index in [0.29, 0.717) is 6.04 Å². The van der Waals surface area contributed by atoms with E-state index in [2.05, 4.69) is 51.0 Å². The van der Waals surface area contributed by atoms with Gasteiger partial charge >= 0.3 is 0 Å². The maximum absolute atomic E-state index is 4.51. The summed E-state index contributed by atoms with van der Waals surface area (Å²) in [6.45, 7) is 2.24. The van der Waals surface area contributed by atoms with E-state index in [1.54, 1.807) is 6.33 Å². The fraction of sp³-hybridized carbons (Fsp3) is 0.200. The molecule has 3 aromatic rings. The molecule has 2 aromatic heterocycles. The normalized spacial score (nSPS) is 17.9. The van der Waals surface area contributed by atoms with E-state index in [1.165, 1.54) is 11.3 Å². The molecule has 0 saturated heterocycles. The minimum Gasteiger partial charge on any atom is -0.346 e. The van der Waals surface area contributed by atoms with Gasteiger partial charge < -0.3 is 9.88 Å². The zero-order valence-electron chi connectivity index (χ0n) is 10.7. The van der Waals surface area contributed by atoms with Gasteiger partial charge in [0.05, 0.1) is 5.39 Å². The molecule has 1 unspecified atom stereocenters. The predicted molar refractivity (Wildman–Crippen MR) is 75.6 cm³/mol. The molecule has 0 bridgehead atoms. The average Bonchev–Trinajstić information content (AvgIpc) is 3.01. The Bertz CT molecular complexity index is 746. The number of H-pyrrole nitrogens is 1. The van der Waals surface area contributed by atoms with E-state index < -0.39 is 0 Å². The number of nitrogens with zero attached hydrogens (tertiary/aromatic N) is 3. The van der Waals surface area contributed by atoms with Crippen LogP contribution in [0.25, 0.3) is 11.0 Å². The lowest BCUT2D eigenvalue weighted by Gasteiger charge is -2.24. The highest BCUT2D eigenvalue weighted by Gasteiger charge is 2.28. The van der Waals surface area contributed by atoms with Gasteiger partial charge in [-0.05, 0) is 31.0 Å². The Balaban J connectivity index is 1.95. The van der Waals surface area contributed by atoms with Gasteiger partial charge in [0.1, 0.15) is 17.8 Å². The third kappa shape index (κ3) is 1.46. The zero-order chi connectivity index (χ0) is 12.8. The summed E-state index contributed by atoms with van der Waals surface area (Å²) in [5.74, 6) is 0.990. The number of rotatable bonds is 1. The molecule has 4 heteroatoms. The van der Waals surface area contributed by atoms with Crippen LogP contribution >= 0.6 is 0 Å². The van der Waals surface area contributed by atoms with E-state index in [9.17, 15) is 0 Å². The van der Waals surface area contributed by atoms with Crippen molar-refractivity contribution in [3.05, 3.63) is 48.4 Å². The molecule has 19 heavy (non-hydrogen) atoms. The largest absolute Gasteiger partial charge is 0.346 e. The fourth-order valence-corrected chi connectivity index (χ4v) is 2.94. The summed E-state index contributed by atoms with van der Waals surface area (Å²) in [4.78, 5) is 14.2. The number of anilines is 2. The molecular weight excluding hydrogens is 236 g/mol. The maximum atomic E-state index is 4.51. The fourth-order valence-electron chi connectivity index (χ4n) is 2.94. The molecule has 1 N–H and O–H groups in total. The highest BCUT2D eigenvalue weighted by atomic mass is 15.2. The standard InChI is InChI=1S/C15H14N4/c1-10-8-11-4-2-3-5-13(11)19(10)15-12-6-7-16-14(12)17-9-18-15/h2-7,9-10H,8H2,1H3,(H,16,17,18). The Hall–Kier alpha value is -2.36. The summed E-state index contributed by atoms with van der Waals surface area (Å²) >= 11 is 0. The molecule has 0 spiro atoms. The van der Waals surface area contributed by atoms with Crippen molar-refractivity contribution in [2.24, 2.45) is 0 Å². The Morgan fingerprint density at radius 2 is 2.11 bits per heavy atom. The van der Waals surface area contributed by atoms with Crippen molar-refractivity contribution in [2.75, 3.05) is 4.90 Å². The Labute approximate surface area is 111 Å². The topological polar surface area (TPSA) is 44.8 Å². The number of hydrogen-bond acceptors (Lipinski definition) is 3. The number of aromatic nitrogens is 3. The van der Waals surface area contributed by atoms with Gasteiger partial charge in [-0.15, -0.1) is 0 Å². The SMILES string of the molecule is CC1Cc2ccccc2N1c1ncnc2[nH]ccc12. The van der Waals surface area contributed by atoms with E-state index in [0.717, 1.165) is 23.3 Å². The van der Waals surface area contributed by atoms with Gasteiger partial charge in [-0.3, -0.25) is 0 Å². The van der Waals surface area contributed by atoms with E-state index in [4.69, 9.17) is 0 Å². The Morgan fingerprint density at radius 3 is 3.05 bits per heavy atom. The predicted octanol–water partition coefficient (Wildman–Crippen LogP) is 3.04. The van der Waals surface area contributed by atoms with Gasteiger partial charge in [-0.2, -0.15) is 0 Å². The third-order valence-electron chi connectivity index (χ3n) is 3.77. The van der Waals surface area contributed by atoms with Crippen LogP contribution in [0.1, 0.15) is 12.5 Å². The van der Waals surface area contributed by atoms with Crippen molar-refractivity contribution in [2.45, 2.75) is 19.4 Å². The van der Waals surface area contributed by atoms with E-state index in [-0.39, 0.29) is 0 Å². The van der Waals surface area contributed by atoms with Crippen LogP contribution in [0.2, 0.25) is 0 Å². The van der Waals surface area contributed by atoms with Gasteiger partial charge in [0.25, 0.3) is 0 Å². The number of fused-ring (bicyclic) bond motifs is 2. The molecule has 1 aliphatic rings. The molecule has 4 nitrogen and oxygen atoms in total. The highest BCUT2D eigenvalue weighted by molar-refractivity contribution is 5.90. The summed E-state index contributed by atoms with van der Waals surface area (Å²) in [5, 5.41) is 1.08. The Morgan fingerprint density at radius 1 is 1.21 bits per heavy atom. The van der Waals surface area contributed by atoms with Gasteiger partial charge in [-0.1, -0.05) is 18.2 Å². The molecule has 1 aromatic carbocycles. The molecule has 4 rings (SSSR count). The lowest BCUT2D eigenvalue weighted by atomic mass is 10.1. The summed E-state index contributed by atoms with van der Waals surface area (Å²) in [6, 6.07) is 11.0. The average molecular weight is 250 g/mol. The van der Waals surface area contributed by atoms with Gasteiger partial charge in [0, 0.05) is 17.9 Å². The van der Waals surface area contributed by atoms with Crippen LogP contribution in [0.5, 0.6) is 0 Å². The molecule has 0 amide bonds. The van der Waals surface area contributed by atoms with Crippen LogP contribution in [0.4, 0.5) is 11.5 Å². The van der Waals surface area contributed by atoms with Crippen molar-refractivity contribution in [1.29, 1.82) is 0 Å². The number of nitrogens with one attached hydrogen (secondary N) is 1. The van der Waals surface area contributed by atoms with E-state index >= 15 is 0 Å². The highest BCUT2D eigenvalue weighted by Crippen LogP contribution is 2.39. The number of hydrogen-bond donors (Lipinski definition) is 1. The number of benzene rings is 1. The zero-order valence-corrected chi connectivity index (χ0v) is 10.7. The van der Waals surface area contributed by atoms with Crippen molar-refractivity contribution >= 4 is 22.5 Å². The molecule has 0 fully saturated rings. The molecule has 1 aliphatic heterocycles. The summed E-state index contributed by atoms with van der Waals surface area (Å²) in [6.07, 6.45) is 4.60. The third-order valence-corrected chi connectivity index (χ3v) is 3.77. The molecule has 94 valence electrons. The summed E-state index contributed by atoms with van der Waals surface area (Å²) in [7, 11) is 0. The van der Waals surface area contributed by atoms with Crippen LogP contribution in [-0.2, 0) is 6.42 Å². The first kappa shape index (κ1) is 10.6. The monoisotopic (exact) mass is 250 g/mol. The van der Waals surface area contributed by atoms with Crippen molar-refractivity contribution in [1.82, 2.24) is 15.0 Å². The first-order valence-corrected chi connectivity index (χ1v) is 6.50. The van der Waals surface area contributed by atoms with Crippen LogP contribution in [0.3, 0.4) is 0 Å². The molecular formula is C15H14N4. The maximum Gasteiger partial charge on any atom is 0.146 e. The van der Waals surface area contributed by atoms with E-state index in [1.807, 2.05) is 12.3 Å². The van der Waals surface area contributed by atoms with Gasteiger partial charge in [0.2, 0.25) is 0 Å². The van der Waals surface area contributed by atoms with Crippen LogP contribution in [0.15, 0.2) is 42.9 Å². The van der Waals surface area contributed by atoms with Crippen LogP contribution < -0.4 is 4.90 Å². The van der Waals surface area contributed by atoms with Crippen LogP contribution in [0, 0.1) is 0 Å². The second kappa shape index (κ2) is 3.82. The lowest BCUT2D eigenvalue weighted by molar-refractivity contribution is 0.752.